The number of sulfonamides is 1. The molecule has 2 heterocycles. The molecule has 10 nitrogen and oxygen atoms in total. The molecule has 3 aliphatic rings. The molecule has 2 fully saturated rings. The number of rotatable bonds is 8. The maximum atomic E-state index is 13.7. The number of dihydropyridines is 1. The van der Waals surface area contributed by atoms with Gasteiger partial charge in [0.25, 0.3) is 5.56 Å². The summed E-state index contributed by atoms with van der Waals surface area (Å²) in [6.45, 7) is 4.11. The molecule has 11 heteroatoms. The topological polar surface area (TPSA) is 156 Å². The van der Waals surface area contributed by atoms with Crippen LogP contribution in [0.1, 0.15) is 63.0 Å². The van der Waals surface area contributed by atoms with Crippen LogP contribution in [0.25, 0.3) is 5.70 Å². The highest BCUT2D eigenvalue weighted by atomic mass is 32.2. The van der Waals surface area contributed by atoms with E-state index in [9.17, 15) is 18.0 Å². The Bertz CT molecular complexity index is 1220. The van der Waals surface area contributed by atoms with E-state index in [1.54, 1.807) is 11.5 Å². The van der Waals surface area contributed by atoms with Gasteiger partial charge < -0.3 is 5.73 Å². The summed E-state index contributed by atoms with van der Waals surface area (Å²) in [7, 11) is -3.74. The van der Waals surface area contributed by atoms with Crippen molar-refractivity contribution in [3.05, 3.63) is 45.9 Å². The fourth-order valence-corrected chi connectivity index (χ4v) is 6.29. The SMILES string of the molecule is C=C1CN=C(N)C(n2c(C3CC3)ccc(NS(=O)(=O)CC3CCCCC3)c2=O)=C1CC(=O)NO. The van der Waals surface area contributed by atoms with Crippen molar-refractivity contribution in [2.45, 2.75) is 57.3 Å². The molecule has 0 unspecified atom stereocenters. The van der Waals surface area contributed by atoms with Crippen molar-refractivity contribution < 1.29 is 18.4 Å². The van der Waals surface area contributed by atoms with E-state index in [1.807, 2.05) is 0 Å². The van der Waals surface area contributed by atoms with Crippen LogP contribution in [-0.2, 0) is 14.8 Å². The Morgan fingerprint density at radius 2 is 1.91 bits per heavy atom. The highest BCUT2D eigenvalue weighted by molar-refractivity contribution is 7.92. The first-order valence-electron chi connectivity index (χ1n) is 11.6. The van der Waals surface area contributed by atoms with Crippen molar-refractivity contribution in [1.82, 2.24) is 10.0 Å². The van der Waals surface area contributed by atoms with E-state index in [2.05, 4.69) is 16.3 Å². The molecule has 0 radical (unpaired) electrons. The van der Waals surface area contributed by atoms with Gasteiger partial charge >= 0.3 is 0 Å². The lowest BCUT2D eigenvalue weighted by Crippen LogP contribution is -2.36. The molecule has 1 amide bonds. The van der Waals surface area contributed by atoms with Crippen molar-refractivity contribution in [2.24, 2.45) is 16.6 Å². The molecule has 4 rings (SSSR count). The number of nitrogens with two attached hydrogens (primary N) is 1. The molecule has 0 bridgehead atoms. The Morgan fingerprint density at radius 1 is 1.21 bits per heavy atom. The Morgan fingerprint density at radius 3 is 2.56 bits per heavy atom. The number of aromatic nitrogens is 1. The van der Waals surface area contributed by atoms with Crippen LogP contribution in [0.2, 0.25) is 0 Å². The first kappa shape index (κ1) is 24.2. The molecule has 1 aromatic heterocycles. The number of hydrogen-bond acceptors (Lipinski definition) is 7. The van der Waals surface area contributed by atoms with Gasteiger partial charge in [-0.1, -0.05) is 25.8 Å². The van der Waals surface area contributed by atoms with Gasteiger partial charge in [-0.15, -0.1) is 0 Å². The molecule has 0 spiro atoms. The molecule has 1 aliphatic heterocycles. The van der Waals surface area contributed by atoms with E-state index < -0.39 is 21.5 Å². The predicted molar refractivity (Wildman–Crippen MR) is 130 cm³/mol. The minimum atomic E-state index is -3.74. The summed E-state index contributed by atoms with van der Waals surface area (Å²) < 4.78 is 29.6. The largest absolute Gasteiger partial charge is 0.382 e. The third-order valence-electron chi connectivity index (χ3n) is 6.63. The number of hydroxylamine groups is 1. The van der Waals surface area contributed by atoms with Gasteiger partial charge in [-0.3, -0.25) is 29.1 Å². The molecular weight excluding hydrogens is 458 g/mol. The van der Waals surface area contributed by atoms with Crippen molar-refractivity contribution in [3.63, 3.8) is 0 Å². The highest BCUT2D eigenvalue weighted by Crippen LogP contribution is 2.41. The Labute approximate surface area is 198 Å². The predicted octanol–water partition coefficient (Wildman–Crippen LogP) is 2.08. The van der Waals surface area contributed by atoms with Crippen LogP contribution in [0.3, 0.4) is 0 Å². The van der Waals surface area contributed by atoms with Gasteiger partial charge in [0.05, 0.1) is 24.4 Å². The number of carbonyl (C=O) groups excluding carboxylic acids is 1. The van der Waals surface area contributed by atoms with Gasteiger partial charge in [-0.05, 0) is 60.8 Å². The lowest BCUT2D eigenvalue weighted by Gasteiger charge is -2.25. The number of nitrogens with one attached hydrogen (secondary N) is 2. The number of aliphatic imine (C=N–C) groups is 1. The van der Waals surface area contributed by atoms with Crippen LogP contribution < -0.4 is 21.5 Å². The van der Waals surface area contributed by atoms with Crippen LogP contribution in [-0.4, -0.2) is 42.2 Å². The average molecular weight is 490 g/mol. The molecular formula is C23H31N5O5S. The molecule has 0 atom stereocenters. The van der Waals surface area contributed by atoms with Gasteiger partial charge in [0.2, 0.25) is 15.9 Å². The number of anilines is 1. The summed E-state index contributed by atoms with van der Waals surface area (Å²) in [5, 5.41) is 9.03. The highest BCUT2D eigenvalue weighted by Gasteiger charge is 2.32. The van der Waals surface area contributed by atoms with Crippen LogP contribution >= 0.6 is 0 Å². The number of amides is 1. The standard InChI is InChI=1S/C23H31N5O5S/c1-14-12-25-22(24)21(17(14)11-20(29)26-31)28-19(16-7-8-16)10-9-18(23(28)30)27-34(32,33)13-15-5-3-2-4-6-15/h9-10,15-16,27,31H,1-8,11-13H2,(H2,24,25)(H,26,29). The summed E-state index contributed by atoms with van der Waals surface area (Å²) >= 11 is 0. The fraction of sp³-hybridized carbons (Fsp3) is 0.522. The smallest absolute Gasteiger partial charge is 0.279 e. The third-order valence-corrected chi connectivity index (χ3v) is 8.08. The lowest BCUT2D eigenvalue weighted by molar-refractivity contribution is -0.128. The summed E-state index contributed by atoms with van der Waals surface area (Å²) in [5.74, 6) is -0.464. The molecule has 0 aromatic carbocycles. The zero-order valence-corrected chi connectivity index (χ0v) is 19.9. The monoisotopic (exact) mass is 489 g/mol. The summed E-state index contributed by atoms with van der Waals surface area (Å²) in [6.07, 6.45) is 6.39. The van der Waals surface area contributed by atoms with Crippen LogP contribution in [0.5, 0.6) is 0 Å². The van der Waals surface area contributed by atoms with Crippen LogP contribution in [0.15, 0.2) is 39.6 Å². The minimum Gasteiger partial charge on any atom is -0.382 e. The first-order valence-corrected chi connectivity index (χ1v) is 13.3. The maximum Gasteiger partial charge on any atom is 0.279 e. The van der Waals surface area contributed by atoms with E-state index >= 15 is 0 Å². The Kier molecular flexibility index (Phi) is 6.94. The van der Waals surface area contributed by atoms with E-state index in [0.717, 1.165) is 44.9 Å². The maximum absolute atomic E-state index is 13.7. The fourth-order valence-electron chi connectivity index (χ4n) is 4.76. The number of hydrogen-bond donors (Lipinski definition) is 4. The summed E-state index contributed by atoms with van der Waals surface area (Å²) in [6, 6.07) is 3.22. The minimum absolute atomic E-state index is 0.0260. The molecule has 2 saturated carbocycles. The Hall–Kier alpha value is -2.92. The van der Waals surface area contributed by atoms with E-state index in [0.29, 0.717) is 16.8 Å². The normalized spacial score (nSPS) is 19.7. The second kappa shape index (κ2) is 9.75. The quantitative estimate of drug-likeness (QED) is 0.324. The van der Waals surface area contributed by atoms with Gasteiger partial charge in [0.1, 0.15) is 11.5 Å². The van der Waals surface area contributed by atoms with Crippen LogP contribution in [0.4, 0.5) is 5.69 Å². The molecule has 0 saturated heterocycles. The number of amidine groups is 1. The molecule has 2 aliphatic carbocycles. The molecule has 184 valence electrons. The van der Waals surface area contributed by atoms with Crippen molar-refractivity contribution >= 4 is 33.2 Å². The van der Waals surface area contributed by atoms with E-state index in [-0.39, 0.29) is 47.8 Å². The third kappa shape index (κ3) is 5.25. The summed E-state index contributed by atoms with van der Waals surface area (Å²) in [5.41, 5.74) is 8.88. The van der Waals surface area contributed by atoms with Crippen molar-refractivity contribution in [1.29, 1.82) is 0 Å². The molecule has 1 aromatic rings. The zero-order chi connectivity index (χ0) is 24.5. The number of pyridine rings is 1. The number of carbonyl (C=O) groups is 1. The second-order valence-electron chi connectivity index (χ2n) is 9.32. The van der Waals surface area contributed by atoms with E-state index in [1.165, 1.54) is 10.6 Å². The zero-order valence-electron chi connectivity index (χ0n) is 19.0. The second-order valence-corrected chi connectivity index (χ2v) is 11.1. The lowest BCUT2D eigenvalue weighted by atomic mass is 9.91. The van der Waals surface area contributed by atoms with Crippen molar-refractivity contribution in [3.8, 4) is 0 Å². The van der Waals surface area contributed by atoms with Gasteiger partial charge in [0, 0.05) is 5.69 Å². The van der Waals surface area contributed by atoms with Crippen molar-refractivity contribution in [2.75, 3.05) is 17.0 Å². The average Bonchev–Trinajstić information content (AvgIpc) is 3.64. The van der Waals surface area contributed by atoms with Gasteiger partial charge in [-0.25, -0.2) is 13.9 Å². The summed E-state index contributed by atoms with van der Waals surface area (Å²) in [4.78, 5) is 29.9. The molecule has 5 N–H and O–H groups in total. The van der Waals surface area contributed by atoms with Gasteiger partial charge in [-0.2, -0.15) is 0 Å². The first-order chi connectivity index (χ1) is 16.2. The Balaban J connectivity index is 1.77. The molecule has 34 heavy (non-hydrogen) atoms. The van der Waals surface area contributed by atoms with Gasteiger partial charge in [0.15, 0.2) is 0 Å². The van der Waals surface area contributed by atoms with E-state index in [4.69, 9.17) is 10.9 Å². The number of nitrogens with zero attached hydrogens (tertiary/aromatic N) is 2. The van der Waals surface area contributed by atoms with Crippen LogP contribution in [0, 0.1) is 5.92 Å².